The highest BCUT2D eigenvalue weighted by atomic mass is 35.5. The third-order valence-electron chi connectivity index (χ3n) is 3.38. The van der Waals surface area contributed by atoms with Crippen LogP contribution in [-0.2, 0) is 6.54 Å². The average molecular weight is 275 g/mol. The third-order valence-corrected chi connectivity index (χ3v) is 4.11. The van der Waals surface area contributed by atoms with E-state index in [1.165, 1.54) is 38.0 Å². The molecule has 0 radical (unpaired) electrons. The van der Waals surface area contributed by atoms with Crippen molar-refractivity contribution in [1.29, 1.82) is 0 Å². The number of hydrogen-bond donors (Lipinski definition) is 1. The summed E-state index contributed by atoms with van der Waals surface area (Å²) in [6, 6.07) is 2.25. The van der Waals surface area contributed by atoms with Gasteiger partial charge in [-0.3, -0.25) is 4.90 Å². The first-order valence-corrected chi connectivity index (χ1v) is 7.27. The highest BCUT2D eigenvalue weighted by Crippen LogP contribution is 2.19. The van der Waals surface area contributed by atoms with E-state index < -0.39 is 0 Å². The van der Waals surface area contributed by atoms with Gasteiger partial charge in [0, 0.05) is 6.54 Å². The number of nitrogens with zero attached hydrogens (tertiary/aromatic N) is 1. The second-order valence-corrected chi connectivity index (χ2v) is 5.44. The molecule has 0 aliphatic carbocycles. The van der Waals surface area contributed by atoms with Crippen LogP contribution in [0, 0.1) is 5.92 Å². The van der Waals surface area contributed by atoms with Crippen LogP contribution in [0.5, 0.6) is 0 Å². The molecule has 2 heterocycles. The van der Waals surface area contributed by atoms with E-state index >= 15 is 0 Å². The predicted octanol–water partition coefficient (Wildman–Crippen LogP) is 2.99. The van der Waals surface area contributed by atoms with Crippen LogP contribution in [0.4, 0.5) is 0 Å². The van der Waals surface area contributed by atoms with E-state index in [4.69, 9.17) is 0 Å². The second kappa shape index (κ2) is 8.09. The summed E-state index contributed by atoms with van der Waals surface area (Å²) >= 11 is 1.80. The van der Waals surface area contributed by atoms with Crippen molar-refractivity contribution >= 4 is 23.7 Å². The Morgan fingerprint density at radius 2 is 2.18 bits per heavy atom. The van der Waals surface area contributed by atoms with Crippen LogP contribution in [0.3, 0.4) is 0 Å². The molecule has 2 rings (SSSR count). The Labute approximate surface area is 115 Å². The SMILES string of the molecule is CCNCC1CCN(Cc2ccsc2)CC1.Cl. The van der Waals surface area contributed by atoms with Gasteiger partial charge in [0.25, 0.3) is 0 Å². The molecule has 0 aromatic carbocycles. The molecule has 1 aliphatic heterocycles. The number of piperidine rings is 1. The lowest BCUT2D eigenvalue weighted by atomic mass is 9.96. The highest BCUT2D eigenvalue weighted by Gasteiger charge is 2.18. The summed E-state index contributed by atoms with van der Waals surface area (Å²) in [5.41, 5.74) is 1.48. The minimum absolute atomic E-state index is 0. The lowest BCUT2D eigenvalue weighted by Crippen LogP contribution is -2.36. The van der Waals surface area contributed by atoms with E-state index in [0.717, 1.165) is 19.0 Å². The zero-order chi connectivity index (χ0) is 11.2. The van der Waals surface area contributed by atoms with Crippen LogP contribution >= 0.6 is 23.7 Å². The fourth-order valence-electron chi connectivity index (χ4n) is 2.34. The molecule has 0 bridgehead atoms. The summed E-state index contributed by atoms with van der Waals surface area (Å²) in [6.07, 6.45) is 2.72. The first-order chi connectivity index (χ1) is 7.88. The fourth-order valence-corrected chi connectivity index (χ4v) is 3.00. The van der Waals surface area contributed by atoms with Gasteiger partial charge in [0.15, 0.2) is 0 Å². The molecule has 98 valence electrons. The molecule has 0 atom stereocenters. The molecule has 1 aromatic heterocycles. The Morgan fingerprint density at radius 3 is 2.76 bits per heavy atom. The maximum absolute atomic E-state index is 3.46. The van der Waals surface area contributed by atoms with Crippen LogP contribution < -0.4 is 5.32 Å². The topological polar surface area (TPSA) is 15.3 Å². The van der Waals surface area contributed by atoms with Crippen LogP contribution in [0.1, 0.15) is 25.3 Å². The van der Waals surface area contributed by atoms with Crippen molar-refractivity contribution in [3.05, 3.63) is 22.4 Å². The number of hydrogen-bond acceptors (Lipinski definition) is 3. The zero-order valence-electron chi connectivity index (χ0n) is 10.5. The maximum Gasteiger partial charge on any atom is 0.0241 e. The molecular formula is C13H23ClN2S. The van der Waals surface area contributed by atoms with Crippen LogP contribution in [0.2, 0.25) is 0 Å². The van der Waals surface area contributed by atoms with Gasteiger partial charge in [-0.15, -0.1) is 12.4 Å². The van der Waals surface area contributed by atoms with E-state index in [0.29, 0.717) is 0 Å². The summed E-state index contributed by atoms with van der Waals surface area (Å²) in [4.78, 5) is 2.59. The van der Waals surface area contributed by atoms with Crippen LogP contribution in [0.25, 0.3) is 0 Å². The number of rotatable bonds is 5. The number of nitrogens with one attached hydrogen (secondary N) is 1. The fraction of sp³-hybridized carbons (Fsp3) is 0.692. The van der Waals surface area contributed by atoms with Crippen molar-refractivity contribution in [2.24, 2.45) is 5.92 Å². The summed E-state index contributed by atoms with van der Waals surface area (Å²) in [6.45, 7) is 8.19. The van der Waals surface area contributed by atoms with E-state index in [1.807, 2.05) is 0 Å². The minimum Gasteiger partial charge on any atom is -0.317 e. The molecule has 4 heteroatoms. The standard InChI is InChI=1S/C13H22N2S.ClH/c1-2-14-9-12-3-6-15(7-4-12)10-13-5-8-16-11-13;/h5,8,11-12,14H,2-4,6-7,9-10H2,1H3;1H. The van der Waals surface area contributed by atoms with E-state index in [1.54, 1.807) is 11.3 Å². The Kier molecular flexibility index (Phi) is 7.12. The van der Waals surface area contributed by atoms with Crippen molar-refractivity contribution in [2.75, 3.05) is 26.2 Å². The van der Waals surface area contributed by atoms with E-state index in [9.17, 15) is 0 Å². The van der Waals surface area contributed by atoms with E-state index in [-0.39, 0.29) is 12.4 Å². The lowest BCUT2D eigenvalue weighted by Gasteiger charge is -2.31. The van der Waals surface area contributed by atoms with Crippen molar-refractivity contribution in [3.63, 3.8) is 0 Å². The smallest absolute Gasteiger partial charge is 0.0241 e. The quantitative estimate of drug-likeness (QED) is 0.888. The van der Waals surface area contributed by atoms with Gasteiger partial charge >= 0.3 is 0 Å². The minimum atomic E-state index is 0. The zero-order valence-corrected chi connectivity index (χ0v) is 12.2. The lowest BCUT2D eigenvalue weighted by molar-refractivity contribution is 0.176. The molecule has 0 saturated carbocycles. The number of likely N-dealkylation sites (tertiary alicyclic amines) is 1. The first-order valence-electron chi connectivity index (χ1n) is 6.32. The van der Waals surface area contributed by atoms with Crippen molar-refractivity contribution < 1.29 is 0 Å². The van der Waals surface area contributed by atoms with Gasteiger partial charge in [-0.25, -0.2) is 0 Å². The van der Waals surface area contributed by atoms with E-state index in [2.05, 4.69) is 34.0 Å². The summed E-state index contributed by atoms with van der Waals surface area (Å²) in [7, 11) is 0. The largest absolute Gasteiger partial charge is 0.317 e. The molecule has 17 heavy (non-hydrogen) atoms. The second-order valence-electron chi connectivity index (χ2n) is 4.66. The van der Waals surface area contributed by atoms with Gasteiger partial charge < -0.3 is 5.32 Å². The monoisotopic (exact) mass is 274 g/mol. The molecule has 0 amide bonds. The summed E-state index contributed by atoms with van der Waals surface area (Å²) in [5.74, 6) is 0.902. The van der Waals surface area contributed by atoms with Crippen molar-refractivity contribution in [2.45, 2.75) is 26.3 Å². The highest BCUT2D eigenvalue weighted by molar-refractivity contribution is 7.07. The number of thiophene rings is 1. The maximum atomic E-state index is 3.46. The Balaban J connectivity index is 0.00000144. The predicted molar refractivity (Wildman–Crippen MR) is 78.1 cm³/mol. The molecule has 0 spiro atoms. The summed E-state index contributed by atoms with van der Waals surface area (Å²) < 4.78 is 0. The van der Waals surface area contributed by atoms with Crippen molar-refractivity contribution in [1.82, 2.24) is 10.2 Å². The molecule has 1 saturated heterocycles. The molecule has 2 nitrogen and oxygen atoms in total. The van der Waals surface area contributed by atoms with Gasteiger partial charge in [0.2, 0.25) is 0 Å². The van der Waals surface area contributed by atoms with Gasteiger partial charge in [0.1, 0.15) is 0 Å². The van der Waals surface area contributed by atoms with Gasteiger partial charge in [-0.2, -0.15) is 11.3 Å². The Morgan fingerprint density at radius 1 is 1.41 bits per heavy atom. The molecule has 1 aromatic rings. The first kappa shape index (κ1) is 15.0. The van der Waals surface area contributed by atoms with Gasteiger partial charge in [-0.1, -0.05) is 6.92 Å². The molecule has 0 unspecified atom stereocenters. The van der Waals surface area contributed by atoms with Gasteiger partial charge in [-0.05, 0) is 67.3 Å². The third kappa shape index (κ3) is 4.96. The van der Waals surface area contributed by atoms with Crippen molar-refractivity contribution in [3.8, 4) is 0 Å². The summed E-state index contributed by atoms with van der Waals surface area (Å²) in [5, 5.41) is 7.90. The Hall–Kier alpha value is -0.0900. The number of halogens is 1. The van der Waals surface area contributed by atoms with Crippen LogP contribution in [-0.4, -0.2) is 31.1 Å². The Bertz CT molecular complexity index is 282. The van der Waals surface area contributed by atoms with Crippen LogP contribution in [0.15, 0.2) is 16.8 Å². The molecule has 1 N–H and O–H groups in total. The molecule has 1 fully saturated rings. The van der Waals surface area contributed by atoms with Gasteiger partial charge in [0.05, 0.1) is 0 Å². The molecular weight excluding hydrogens is 252 g/mol. The normalized spacial score (nSPS) is 17.9. The average Bonchev–Trinajstić information content (AvgIpc) is 2.81. The molecule has 1 aliphatic rings.